The SMILES string of the molecule is N=C(N)N1CCC(CC(=O)C2CCN(C(=O)O[C@H]3CCC[C@@H](OC(=O)N4CCC(C(=O)CC5CCN(C(=N)N)CC5)CC4)CCC3)CC2)CC1.O=C(O)N1CCN(C(=O)CCCCCn2ccnc2)CC1. The van der Waals surface area contributed by atoms with Crippen molar-refractivity contribution in [2.24, 2.45) is 35.1 Å². The molecule has 4 amide bonds. The number of piperazine rings is 1. The van der Waals surface area contributed by atoms with Gasteiger partial charge >= 0.3 is 18.3 Å². The summed E-state index contributed by atoms with van der Waals surface area (Å²) in [6.07, 6.45) is 19.1. The van der Waals surface area contributed by atoms with E-state index in [0.29, 0.717) is 121 Å². The van der Waals surface area contributed by atoms with Crippen molar-refractivity contribution in [3.8, 4) is 0 Å². The maximum absolute atomic E-state index is 13.0. The smallest absolute Gasteiger partial charge is 0.410 e. The first kappa shape index (κ1) is 54.7. The molecule has 21 nitrogen and oxygen atoms in total. The molecule has 1 aromatic heterocycles. The number of imidazole rings is 1. The van der Waals surface area contributed by atoms with Crippen LogP contribution in [0, 0.1) is 34.5 Å². The highest BCUT2D eigenvalue weighted by Crippen LogP contribution is 2.30. The molecule has 7 rings (SSSR count). The highest BCUT2D eigenvalue weighted by atomic mass is 16.6. The minimum absolute atomic E-state index is 0.00608. The van der Waals surface area contributed by atoms with Crippen LogP contribution in [0.5, 0.6) is 0 Å². The zero-order valence-corrected chi connectivity index (χ0v) is 42.0. The topological polar surface area (TPSA) is 278 Å². The van der Waals surface area contributed by atoms with Gasteiger partial charge in [-0.3, -0.25) is 25.2 Å². The molecule has 0 unspecified atom stereocenters. The number of nitrogens with zero attached hydrogens (tertiary/aromatic N) is 8. The monoisotopic (exact) mass is 995 g/mol. The molecule has 5 saturated heterocycles. The molecule has 0 radical (unpaired) electrons. The van der Waals surface area contributed by atoms with Gasteiger partial charge in [0.25, 0.3) is 0 Å². The first-order valence-corrected chi connectivity index (χ1v) is 26.6. The van der Waals surface area contributed by atoms with Gasteiger partial charge in [0.1, 0.15) is 23.8 Å². The highest BCUT2D eigenvalue weighted by molar-refractivity contribution is 5.82. The largest absolute Gasteiger partial charge is 0.465 e. The molecular formula is C50H82N12O9. The van der Waals surface area contributed by atoms with Crippen LogP contribution < -0.4 is 11.5 Å². The average molecular weight is 995 g/mol. The van der Waals surface area contributed by atoms with Gasteiger partial charge in [0.05, 0.1) is 6.33 Å². The van der Waals surface area contributed by atoms with Gasteiger partial charge in [0.2, 0.25) is 5.91 Å². The number of unbranched alkanes of at least 4 members (excludes halogenated alkanes) is 2. The summed E-state index contributed by atoms with van der Waals surface area (Å²) in [4.78, 5) is 89.1. The number of ether oxygens (including phenoxy) is 2. The number of rotatable bonds is 14. The quantitative estimate of drug-likeness (QED) is 0.0914. The Morgan fingerprint density at radius 1 is 0.535 bits per heavy atom. The number of amides is 4. The highest BCUT2D eigenvalue weighted by Gasteiger charge is 2.34. The molecule has 7 N–H and O–H groups in total. The Hall–Kier alpha value is -5.63. The maximum atomic E-state index is 13.0. The lowest BCUT2D eigenvalue weighted by atomic mass is 9.84. The third kappa shape index (κ3) is 17.6. The number of piperidine rings is 4. The molecule has 1 aromatic rings. The molecule has 396 valence electrons. The van der Waals surface area contributed by atoms with Gasteiger partial charge < -0.3 is 60.0 Å². The Morgan fingerprint density at radius 2 is 0.958 bits per heavy atom. The fraction of sp³-hybridized carbons (Fsp3) is 0.780. The standard InChI is InChI=1S/C36H60N8O6.C14H22N4O3/c37-33(38)41-15-7-25(8-16-41)23-31(45)27-11-19-43(20-12-27)35(47)49-29-3-1-4-30(6-2-5-29)50-36(48)44-21-13-28(14-22-44)32(46)24-26-9-17-42(18-10-26)34(39)40;19-13(17-8-10-18(11-9-17)14(20)21)4-2-1-3-6-16-7-5-15-12-16/h25-30H,1-24H2,(H3,37,38)(H3,39,40);5,7,12H,1-4,6,8-11H2,(H,20,21)/t29-,30+;. The van der Waals surface area contributed by atoms with Crippen LogP contribution in [-0.4, -0.2) is 182 Å². The van der Waals surface area contributed by atoms with Crippen LogP contribution >= 0.6 is 0 Å². The summed E-state index contributed by atoms with van der Waals surface area (Å²) in [5.74, 6) is 1.62. The van der Waals surface area contributed by atoms with Crippen molar-refractivity contribution in [3.05, 3.63) is 18.7 Å². The van der Waals surface area contributed by atoms with Gasteiger partial charge in [-0.15, -0.1) is 0 Å². The number of carbonyl (C=O) groups is 6. The van der Waals surface area contributed by atoms with Crippen molar-refractivity contribution in [2.75, 3.05) is 78.5 Å². The molecular weight excluding hydrogens is 913 g/mol. The second-order valence-corrected chi connectivity index (χ2v) is 20.6. The molecule has 0 bridgehead atoms. The lowest BCUT2D eigenvalue weighted by Gasteiger charge is -2.35. The first-order chi connectivity index (χ1) is 34.2. The van der Waals surface area contributed by atoms with E-state index in [1.54, 1.807) is 27.2 Å². The maximum Gasteiger partial charge on any atom is 0.410 e. The average Bonchev–Trinajstić information content (AvgIpc) is 3.89. The van der Waals surface area contributed by atoms with E-state index in [4.69, 9.17) is 36.9 Å². The van der Waals surface area contributed by atoms with Crippen molar-refractivity contribution < 1.29 is 43.3 Å². The Labute approximate surface area is 419 Å². The van der Waals surface area contributed by atoms with Crippen molar-refractivity contribution in [3.63, 3.8) is 0 Å². The third-order valence-electron chi connectivity index (χ3n) is 15.7. The second-order valence-electron chi connectivity index (χ2n) is 20.6. The van der Waals surface area contributed by atoms with E-state index in [2.05, 4.69) is 4.98 Å². The van der Waals surface area contributed by atoms with Gasteiger partial charge in [-0.2, -0.15) is 0 Å². The number of hydrogen-bond acceptors (Lipinski definition) is 11. The Kier molecular flexibility index (Phi) is 21.4. The minimum Gasteiger partial charge on any atom is -0.465 e. The van der Waals surface area contributed by atoms with E-state index in [1.165, 1.54) is 4.90 Å². The second kappa shape index (κ2) is 27.8. The number of Topliss-reactive ketones (excluding diaryl/α,β-unsaturated/α-hetero) is 2. The Bertz CT molecular complexity index is 1800. The van der Waals surface area contributed by atoms with Gasteiger partial charge in [-0.25, -0.2) is 19.4 Å². The number of guanidine groups is 2. The molecule has 0 spiro atoms. The van der Waals surface area contributed by atoms with E-state index in [1.807, 2.05) is 20.6 Å². The third-order valence-corrected chi connectivity index (χ3v) is 15.7. The van der Waals surface area contributed by atoms with Crippen molar-refractivity contribution in [2.45, 2.75) is 147 Å². The zero-order valence-electron chi connectivity index (χ0n) is 42.0. The van der Waals surface area contributed by atoms with Crippen molar-refractivity contribution in [1.82, 2.24) is 39.0 Å². The summed E-state index contributed by atoms with van der Waals surface area (Å²) in [5.41, 5.74) is 11.2. The van der Waals surface area contributed by atoms with E-state index >= 15 is 0 Å². The number of aromatic nitrogens is 2. The number of carbonyl (C=O) groups excluding carboxylic acids is 5. The number of carboxylic acid groups (broad SMARTS) is 1. The zero-order chi connectivity index (χ0) is 50.7. The number of likely N-dealkylation sites (tertiary alicyclic amines) is 4. The molecule has 5 aliphatic heterocycles. The predicted octanol–water partition coefficient (Wildman–Crippen LogP) is 5.17. The lowest BCUT2D eigenvalue weighted by molar-refractivity contribution is -0.133. The molecule has 6 fully saturated rings. The molecule has 0 atom stereocenters. The van der Waals surface area contributed by atoms with Crippen molar-refractivity contribution >= 4 is 47.7 Å². The van der Waals surface area contributed by atoms with Gasteiger partial charge in [0.15, 0.2) is 11.9 Å². The van der Waals surface area contributed by atoms with E-state index in [-0.39, 0.29) is 54.1 Å². The minimum atomic E-state index is -0.901. The van der Waals surface area contributed by atoms with Crippen LogP contribution in [0.1, 0.15) is 128 Å². The Morgan fingerprint density at radius 3 is 1.35 bits per heavy atom. The Balaban J connectivity index is 0.000000327. The van der Waals surface area contributed by atoms with Crippen LogP contribution in [0.4, 0.5) is 14.4 Å². The lowest BCUT2D eigenvalue weighted by Crippen LogP contribution is -2.50. The summed E-state index contributed by atoms with van der Waals surface area (Å²) in [5, 5.41) is 24.0. The van der Waals surface area contributed by atoms with Crippen LogP contribution in [0.3, 0.4) is 0 Å². The number of aryl methyl sites for hydroxylation is 1. The number of nitrogens with two attached hydrogens (primary N) is 2. The molecule has 21 heteroatoms. The fourth-order valence-electron chi connectivity index (χ4n) is 11.0. The molecule has 71 heavy (non-hydrogen) atoms. The van der Waals surface area contributed by atoms with Crippen LogP contribution in [0.15, 0.2) is 18.7 Å². The normalized spacial score (nSPS) is 22.4. The number of nitrogens with one attached hydrogen (secondary N) is 2. The molecule has 1 saturated carbocycles. The predicted molar refractivity (Wildman–Crippen MR) is 265 cm³/mol. The molecule has 6 aliphatic rings. The summed E-state index contributed by atoms with van der Waals surface area (Å²) in [6.45, 7) is 7.90. The summed E-state index contributed by atoms with van der Waals surface area (Å²) in [7, 11) is 0. The summed E-state index contributed by atoms with van der Waals surface area (Å²) < 4.78 is 13.9. The number of ketones is 2. The fourth-order valence-corrected chi connectivity index (χ4v) is 11.0. The summed E-state index contributed by atoms with van der Waals surface area (Å²) >= 11 is 0. The number of hydrogen-bond donors (Lipinski definition) is 5. The van der Waals surface area contributed by atoms with Gasteiger partial charge in [0, 0.05) is 129 Å². The molecule has 6 heterocycles. The van der Waals surface area contributed by atoms with Crippen molar-refractivity contribution in [1.29, 1.82) is 10.8 Å². The van der Waals surface area contributed by atoms with E-state index in [9.17, 15) is 28.8 Å². The summed E-state index contributed by atoms with van der Waals surface area (Å²) in [6, 6.07) is 0. The van der Waals surface area contributed by atoms with E-state index in [0.717, 1.165) is 116 Å². The van der Waals surface area contributed by atoms with E-state index < -0.39 is 6.09 Å². The molecule has 0 aromatic carbocycles. The molecule has 1 aliphatic carbocycles. The van der Waals surface area contributed by atoms with Gasteiger partial charge in [-0.05, 0) is 115 Å². The van der Waals surface area contributed by atoms with Gasteiger partial charge in [-0.1, -0.05) is 6.42 Å². The first-order valence-electron chi connectivity index (χ1n) is 26.6. The van der Waals surface area contributed by atoms with Crippen LogP contribution in [-0.2, 0) is 30.4 Å². The van der Waals surface area contributed by atoms with Crippen LogP contribution in [0.2, 0.25) is 0 Å². The van der Waals surface area contributed by atoms with Crippen LogP contribution in [0.25, 0.3) is 0 Å².